The first-order chi connectivity index (χ1) is 5.77. The van der Waals surface area contributed by atoms with Gasteiger partial charge in [-0.25, -0.2) is 0 Å². The average molecular weight is 187 g/mol. The lowest BCUT2D eigenvalue weighted by molar-refractivity contribution is -0.149. The monoisotopic (exact) mass is 187 g/mol. The Hall–Kier alpha value is -0.570. The Balaban J connectivity index is 4.54. The van der Waals surface area contributed by atoms with Gasteiger partial charge in [0.15, 0.2) is 0 Å². The van der Waals surface area contributed by atoms with Crippen LogP contribution in [0.3, 0.4) is 0 Å². The van der Waals surface area contributed by atoms with Gasteiger partial charge in [0.25, 0.3) is 0 Å². The molecule has 0 aliphatic heterocycles. The number of carboxylic acid groups (broad SMARTS) is 1. The Labute approximate surface area is 80.3 Å². The van der Waals surface area contributed by atoms with Crippen LogP contribution in [0.4, 0.5) is 0 Å². The third-order valence-electron chi connectivity index (χ3n) is 2.90. The number of nitrogens with two attached hydrogens (primary N) is 1. The van der Waals surface area contributed by atoms with Gasteiger partial charge in [0.05, 0.1) is 5.41 Å². The van der Waals surface area contributed by atoms with Crippen LogP contribution in [-0.4, -0.2) is 16.6 Å². The van der Waals surface area contributed by atoms with E-state index in [2.05, 4.69) is 0 Å². The Morgan fingerprint density at radius 2 is 1.77 bits per heavy atom. The Bertz CT molecular complexity index is 189. The van der Waals surface area contributed by atoms with E-state index >= 15 is 0 Å². The van der Waals surface area contributed by atoms with E-state index in [0.29, 0.717) is 12.8 Å². The van der Waals surface area contributed by atoms with E-state index in [1.165, 1.54) is 0 Å². The quantitative estimate of drug-likeness (QED) is 0.692. The number of carboxylic acids is 1. The highest BCUT2D eigenvalue weighted by Gasteiger charge is 2.36. The lowest BCUT2D eigenvalue weighted by Gasteiger charge is -2.33. The lowest BCUT2D eigenvalue weighted by Crippen LogP contribution is -2.43. The first-order valence-electron chi connectivity index (χ1n) is 4.79. The molecule has 2 atom stereocenters. The van der Waals surface area contributed by atoms with Crippen LogP contribution in [0.15, 0.2) is 0 Å². The number of carbonyl (C=O) groups is 1. The summed E-state index contributed by atoms with van der Waals surface area (Å²) in [6.07, 6.45) is 1.95. The van der Waals surface area contributed by atoms with Crippen molar-refractivity contribution < 1.29 is 9.90 Å². The van der Waals surface area contributed by atoms with Crippen molar-refractivity contribution in [1.29, 1.82) is 0 Å². The molecule has 0 aliphatic carbocycles. The fourth-order valence-corrected chi connectivity index (χ4v) is 1.37. The van der Waals surface area contributed by atoms with Crippen molar-refractivity contribution in [3.05, 3.63) is 0 Å². The van der Waals surface area contributed by atoms with Gasteiger partial charge in [0.1, 0.15) is 0 Å². The second-order valence-electron chi connectivity index (χ2n) is 4.40. The van der Waals surface area contributed by atoms with Crippen molar-refractivity contribution in [2.24, 2.45) is 11.1 Å². The summed E-state index contributed by atoms with van der Waals surface area (Å²) >= 11 is 0. The van der Waals surface area contributed by atoms with Crippen molar-refractivity contribution in [2.45, 2.75) is 52.5 Å². The molecule has 1 unspecified atom stereocenters. The summed E-state index contributed by atoms with van der Waals surface area (Å²) in [5.41, 5.74) is 4.90. The summed E-state index contributed by atoms with van der Waals surface area (Å²) in [6.45, 7) is 7.54. The van der Waals surface area contributed by atoms with Gasteiger partial charge in [0.2, 0.25) is 0 Å². The highest BCUT2D eigenvalue weighted by atomic mass is 16.4. The van der Waals surface area contributed by atoms with Crippen LogP contribution in [0.25, 0.3) is 0 Å². The van der Waals surface area contributed by atoms with E-state index < -0.39 is 11.4 Å². The molecule has 78 valence electrons. The standard InChI is InChI=1S/C10H21NO2/c1-5-9(3,8(12)13)7-10(4,11)6-2/h5-7,11H2,1-4H3,(H,12,13)/t9?,10-/m0/s1. The van der Waals surface area contributed by atoms with Gasteiger partial charge in [-0.15, -0.1) is 0 Å². The van der Waals surface area contributed by atoms with Crippen LogP contribution in [-0.2, 0) is 4.79 Å². The van der Waals surface area contributed by atoms with Crippen molar-refractivity contribution in [3.8, 4) is 0 Å². The number of rotatable bonds is 5. The zero-order valence-electron chi connectivity index (χ0n) is 9.05. The van der Waals surface area contributed by atoms with Gasteiger partial charge in [-0.05, 0) is 33.1 Å². The molecule has 0 saturated heterocycles. The molecule has 0 bridgehead atoms. The van der Waals surface area contributed by atoms with Gasteiger partial charge in [-0.2, -0.15) is 0 Å². The van der Waals surface area contributed by atoms with Gasteiger partial charge in [-0.3, -0.25) is 4.79 Å². The summed E-state index contributed by atoms with van der Waals surface area (Å²) in [6, 6.07) is 0. The summed E-state index contributed by atoms with van der Waals surface area (Å²) < 4.78 is 0. The fourth-order valence-electron chi connectivity index (χ4n) is 1.37. The van der Waals surface area contributed by atoms with Crippen LogP contribution in [0.5, 0.6) is 0 Å². The minimum atomic E-state index is -0.750. The van der Waals surface area contributed by atoms with Crippen LogP contribution in [0.2, 0.25) is 0 Å². The molecule has 0 aromatic rings. The third kappa shape index (κ3) is 3.35. The van der Waals surface area contributed by atoms with Crippen molar-refractivity contribution in [3.63, 3.8) is 0 Å². The van der Waals surface area contributed by atoms with Crippen LogP contribution in [0, 0.1) is 5.41 Å². The molecule has 0 spiro atoms. The van der Waals surface area contributed by atoms with Gasteiger partial charge < -0.3 is 10.8 Å². The predicted octanol–water partition coefficient (Wildman–Crippen LogP) is 2.00. The molecule has 0 aliphatic rings. The summed E-state index contributed by atoms with van der Waals surface area (Å²) in [4.78, 5) is 11.0. The second kappa shape index (κ2) is 4.09. The molecule has 0 saturated carbocycles. The van der Waals surface area contributed by atoms with Crippen LogP contribution < -0.4 is 5.73 Å². The maximum absolute atomic E-state index is 11.0. The van der Waals surface area contributed by atoms with Crippen molar-refractivity contribution >= 4 is 5.97 Å². The molecule has 0 fully saturated rings. The highest BCUT2D eigenvalue weighted by molar-refractivity contribution is 5.74. The van der Waals surface area contributed by atoms with E-state index in [1.807, 2.05) is 20.8 Å². The topological polar surface area (TPSA) is 63.3 Å². The molecule has 13 heavy (non-hydrogen) atoms. The van der Waals surface area contributed by atoms with E-state index in [-0.39, 0.29) is 5.54 Å². The molecule has 0 rings (SSSR count). The largest absolute Gasteiger partial charge is 0.481 e. The third-order valence-corrected chi connectivity index (χ3v) is 2.90. The molecular weight excluding hydrogens is 166 g/mol. The SMILES string of the molecule is CCC(C)(C[C@@](C)(N)CC)C(=O)O. The molecule has 0 aromatic heterocycles. The minimum absolute atomic E-state index is 0.372. The fraction of sp³-hybridized carbons (Fsp3) is 0.900. The molecule has 0 amide bonds. The lowest BCUT2D eigenvalue weighted by atomic mass is 9.75. The Morgan fingerprint density at radius 1 is 1.31 bits per heavy atom. The van der Waals surface area contributed by atoms with Crippen molar-refractivity contribution in [1.82, 2.24) is 0 Å². The summed E-state index contributed by atoms with van der Waals surface area (Å²) in [5.74, 6) is -0.750. The number of hydrogen-bond donors (Lipinski definition) is 2. The second-order valence-corrected chi connectivity index (χ2v) is 4.40. The van der Waals surface area contributed by atoms with E-state index in [1.54, 1.807) is 6.92 Å². The molecule has 0 aromatic carbocycles. The van der Waals surface area contributed by atoms with Crippen LogP contribution in [0.1, 0.15) is 47.0 Å². The highest BCUT2D eigenvalue weighted by Crippen LogP contribution is 2.32. The summed E-state index contributed by atoms with van der Waals surface area (Å²) in [5, 5.41) is 9.04. The minimum Gasteiger partial charge on any atom is -0.481 e. The Kier molecular flexibility index (Phi) is 3.91. The first kappa shape index (κ1) is 12.4. The molecule has 0 radical (unpaired) electrons. The van der Waals surface area contributed by atoms with E-state index in [4.69, 9.17) is 10.8 Å². The van der Waals surface area contributed by atoms with Gasteiger partial charge >= 0.3 is 5.97 Å². The number of hydrogen-bond acceptors (Lipinski definition) is 2. The van der Waals surface area contributed by atoms with E-state index in [0.717, 1.165) is 6.42 Å². The maximum Gasteiger partial charge on any atom is 0.309 e. The summed E-state index contributed by atoms with van der Waals surface area (Å²) in [7, 11) is 0. The predicted molar refractivity (Wildman–Crippen MR) is 53.5 cm³/mol. The molecule has 3 heteroatoms. The molecule has 3 N–H and O–H groups in total. The maximum atomic E-state index is 11.0. The smallest absolute Gasteiger partial charge is 0.309 e. The molecular formula is C10H21NO2. The Morgan fingerprint density at radius 3 is 2.00 bits per heavy atom. The number of aliphatic carboxylic acids is 1. The van der Waals surface area contributed by atoms with Gasteiger partial charge in [-0.1, -0.05) is 13.8 Å². The zero-order chi connectivity index (χ0) is 10.7. The average Bonchev–Trinajstić information content (AvgIpc) is 2.03. The zero-order valence-corrected chi connectivity index (χ0v) is 9.05. The first-order valence-corrected chi connectivity index (χ1v) is 4.79. The van der Waals surface area contributed by atoms with Crippen molar-refractivity contribution in [2.75, 3.05) is 0 Å². The van der Waals surface area contributed by atoms with Crippen LogP contribution >= 0.6 is 0 Å². The van der Waals surface area contributed by atoms with Gasteiger partial charge in [0, 0.05) is 5.54 Å². The van der Waals surface area contributed by atoms with E-state index in [9.17, 15) is 4.79 Å². The molecule has 3 nitrogen and oxygen atoms in total. The normalized spacial score (nSPS) is 20.4. The molecule has 0 heterocycles.